The number of hydrogen-bond donors (Lipinski definition) is 0. The first-order valence-electron chi connectivity index (χ1n) is 22.0. The molecule has 0 aromatic carbocycles. The molecule has 0 radical (unpaired) electrons. The van der Waals surface area contributed by atoms with Crippen LogP contribution in [-0.4, -0.2) is 44.5 Å². The SMILES string of the molecule is CCCCCCCCCCCCCCCC[B-]12O/N=C(Cl)/C(Cl)=N/O[B-](CCCCCCCCCCCCCCCC)(O/N=C(Cl)/C(Cl)=N/O1)O/N=C(Cl)/C(Cl)=N/O2.[Fe+2]. The molecule has 3 heterocycles. The molecular formula is C38H66B2Cl6FeN6O6. The predicted molar refractivity (Wildman–Crippen MR) is 248 cm³/mol. The summed E-state index contributed by atoms with van der Waals surface area (Å²) in [6.07, 6.45) is 32.9. The zero-order valence-electron chi connectivity index (χ0n) is 35.1. The summed E-state index contributed by atoms with van der Waals surface area (Å²) in [7, 11) is 0. The quantitative estimate of drug-likeness (QED) is 0.0520. The molecule has 3 rings (SSSR count). The van der Waals surface area contributed by atoms with Crippen molar-refractivity contribution in [2.24, 2.45) is 30.9 Å². The van der Waals surface area contributed by atoms with Gasteiger partial charge in [-0.05, 0) is 0 Å². The molecule has 0 atom stereocenters. The van der Waals surface area contributed by atoms with Crippen LogP contribution in [0.25, 0.3) is 0 Å². The van der Waals surface area contributed by atoms with Crippen LogP contribution in [0.1, 0.15) is 194 Å². The van der Waals surface area contributed by atoms with Gasteiger partial charge in [-0.25, -0.2) is 0 Å². The Kier molecular flexibility index (Phi) is 34.0. The average molecular weight is 993 g/mol. The number of oxime groups is 6. The molecule has 0 aromatic rings. The Hall–Kier alpha value is -0.791. The third kappa shape index (κ3) is 26.4. The van der Waals surface area contributed by atoms with Crippen LogP contribution in [0.4, 0.5) is 0 Å². The first-order chi connectivity index (χ1) is 28.2. The molecule has 0 unspecified atom stereocenters. The van der Waals surface area contributed by atoms with Crippen molar-refractivity contribution < 1.29 is 45.6 Å². The molecule has 0 saturated heterocycles. The van der Waals surface area contributed by atoms with Crippen LogP contribution in [-0.2, 0) is 45.6 Å². The van der Waals surface area contributed by atoms with E-state index in [0.29, 0.717) is 12.8 Å². The summed E-state index contributed by atoms with van der Waals surface area (Å²) >= 11 is 38.2. The van der Waals surface area contributed by atoms with E-state index in [1.807, 2.05) is 0 Å². The van der Waals surface area contributed by atoms with Crippen LogP contribution in [0.2, 0.25) is 12.6 Å². The fourth-order valence-electron chi connectivity index (χ4n) is 6.59. The van der Waals surface area contributed by atoms with Gasteiger partial charge < -0.3 is 28.5 Å². The van der Waals surface area contributed by atoms with Gasteiger partial charge in [-0.2, -0.15) is 0 Å². The smallest absolute Gasteiger partial charge is 0.539 e. The van der Waals surface area contributed by atoms with Crippen LogP contribution in [0.5, 0.6) is 0 Å². The van der Waals surface area contributed by atoms with Gasteiger partial charge in [0.2, 0.25) is 31.0 Å². The number of halogens is 6. The third-order valence-electron chi connectivity index (χ3n) is 10.1. The van der Waals surface area contributed by atoms with Crippen LogP contribution in [0.3, 0.4) is 0 Å². The number of hydrogen-bond acceptors (Lipinski definition) is 12. The normalized spacial score (nSPS) is 25.2. The minimum absolute atomic E-state index is 0. The molecule has 0 N–H and O–H groups in total. The van der Waals surface area contributed by atoms with E-state index in [0.717, 1.165) is 51.4 Å². The number of nitrogens with zero attached hydrogens (tertiary/aromatic N) is 6. The largest absolute Gasteiger partial charge is 2.00 e. The predicted octanol–water partition coefficient (Wildman–Crippen LogP) is 15.3. The van der Waals surface area contributed by atoms with Crippen molar-refractivity contribution in [1.29, 1.82) is 0 Å². The summed E-state index contributed by atoms with van der Waals surface area (Å²) in [6.45, 7) is -1.58. The Bertz CT molecular complexity index is 1130. The Morgan fingerprint density at radius 1 is 0.288 bits per heavy atom. The average Bonchev–Trinajstić information content (AvgIpc) is 3.23. The zero-order chi connectivity index (χ0) is 42.2. The molecular weight excluding hydrogens is 927 g/mol. The van der Waals surface area contributed by atoms with Gasteiger partial charge >= 0.3 is 30.6 Å². The first kappa shape index (κ1) is 56.2. The van der Waals surface area contributed by atoms with E-state index in [1.54, 1.807) is 0 Å². The second-order valence-electron chi connectivity index (χ2n) is 15.3. The number of rotatable bonds is 30. The maximum atomic E-state index is 6.37. The molecule has 3 aliphatic rings. The van der Waals surface area contributed by atoms with Crippen molar-refractivity contribution >= 4 is 114 Å². The van der Waals surface area contributed by atoms with E-state index in [9.17, 15) is 0 Å². The number of fused-ring (bicyclic) bond motifs is 9. The fraction of sp³-hybridized carbons (Fsp3) is 0.842. The molecule has 0 fully saturated rings. The summed E-state index contributed by atoms with van der Waals surface area (Å²) in [6, 6.07) is 0. The molecule has 340 valence electrons. The molecule has 12 nitrogen and oxygen atoms in total. The van der Waals surface area contributed by atoms with Gasteiger partial charge in [-0.3, -0.25) is 0 Å². The monoisotopic (exact) mass is 990 g/mol. The summed E-state index contributed by atoms with van der Waals surface area (Å²) in [4.78, 5) is 0. The van der Waals surface area contributed by atoms with Gasteiger partial charge in [0.1, 0.15) is 0 Å². The molecule has 0 amide bonds. The second kappa shape index (κ2) is 35.6. The molecule has 0 spiro atoms. The van der Waals surface area contributed by atoms with Gasteiger partial charge in [0.15, 0.2) is 0 Å². The Morgan fingerprint density at radius 2 is 0.441 bits per heavy atom. The van der Waals surface area contributed by atoms with E-state index >= 15 is 0 Å². The van der Waals surface area contributed by atoms with Crippen molar-refractivity contribution in [3.63, 3.8) is 0 Å². The molecule has 2 bridgehead atoms. The van der Waals surface area contributed by atoms with Gasteiger partial charge in [0, 0.05) is 0 Å². The molecule has 0 aromatic heterocycles. The van der Waals surface area contributed by atoms with E-state index < -0.39 is 44.5 Å². The first-order valence-corrected chi connectivity index (χ1v) is 24.2. The maximum Gasteiger partial charge on any atom is 2.00 e. The summed E-state index contributed by atoms with van der Waals surface area (Å²) < 4.78 is 34.3. The molecule has 21 heteroatoms. The van der Waals surface area contributed by atoms with E-state index in [-0.39, 0.29) is 29.7 Å². The van der Waals surface area contributed by atoms with Gasteiger partial charge in [0.05, 0.1) is 0 Å². The Balaban J connectivity index is 0.0000174. The van der Waals surface area contributed by atoms with Gasteiger partial charge in [-0.15, -0.1) is 30.9 Å². The van der Waals surface area contributed by atoms with Gasteiger partial charge in [0.25, 0.3) is 0 Å². The summed E-state index contributed by atoms with van der Waals surface area (Å²) in [5.74, 6) is 0. The minimum Gasteiger partial charge on any atom is -0.539 e. The fourth-order valence-corrected chi connectivity index (χ4v) is 7.04. The Morgan fingerprint density at radius 3 is 0.610 bits per heavy atom. The molecule has 59 heavy (non-hydrogen) atoms. The summed E-state index contributed by atoms with van der Waals surface area (Å²) in [5, 5.41) is 20.9. The third-order valence-corrected chi connectivity index (χ3v) is 11.9. The van der Waals surface area contributed by atoms with Crippen LogP contribution in [0, 0.1) is 0 Å². The van der Waals surface area contributed by atoms with Crippen LogP contribution in [0.15, 0.2) is 30.9 Å². The van der Waals surface area contributed by atoms with E-state index in [1.165, 1.54) is 116 Å². The standard InChI is InChI=1S/C38H66B2Cl6N6O6.Fe/c1-3-5-7-9-11-13-15-17-19-21-23-25-27-29-31-39-53-47-33(41)36(44)50-56-40(57-51-37(45)34(42)48-54-39,58-52-38(46)35(43)49-55-39)32-30-28-26-24-22-20-18-16-14-12-10-8-6-4-2;/h3-32H2,1-2H3;/q-2;+2/b47-33-,48-34-,49-35-,50-36-,51-37-,52-38-;. The van der Waals surface area contributed by atoms with Gasteiger partial charge in [-0.1, -0.05) is 276 Å². The molecule has 3 aliphatic heterocycles. The zero-order valence-corrected chi connectivity index (χ0v) is 40.8. The van der Waals surface area contributed by atoms with Crippen molar-refractivity contribution in [3.8, 4) is 0 Å². The van der Waals surface area contributed by atoms with Crippen molar-refractivity contribution in [1.82, 2.24) is 0 Å². The van der Waals surface area contributed by atoms with E-state index in [4.69, 9.17) is 98.1 Å². The van der Waals surface area contributed by atoms with Crippen LogP contribution >= 0.6 is 69.6 Å². The Labute approximate surface area is 394 Å². The van der Waals surface area contributed by atoms with Crippen molar-refractivity contribution in [2.45, 2.75) is 206 Å². The van der Waals surface area contributed by atoms with Crippen molar-refractivity contribution in [2.75, 3.05) is 0 Å². The summed E-state index contributed by atoms with van der Waals surface area (Å²) in [5.41, 5.74) is 0. The molecule has 0 aliphatic carbocycles. The van der Waals surface area contributed by atoms with E-state index in [2.05, 4.69) is 44.8 Å². The molecule has 0 saturated carbocycles. The topological polar surface area (TPSA) is 130 Å². The second-order valence-corrected chi connectivity index (χ2v) is 17.4. The number of unbranched alkanes of at least 4 members (excludes halogenated alkanes) is 26. The minimum atomic E-state index is -3.03. The maximum absolute atomic E-state index is 6.37. The van der Waals surface area contributed by atoms with Crippen LogP contribution < -0.4 is 0 Å². The van der Waals surface area contributed by atoms with Crippen molar-refractivity contribution in [3.05, 3.63) is 0 Å².